The Balaban J connectivity index is 1.69. The molecule has 1 aliphatic heterocycles. The number of hydrogen-bond donors (Lipinski definition) is 1. The van der Waals surface area contributed by atoms with Crippen LogP contribution in [0.5, 0.6) is 0 Å². The van der Waals surface area contributed by atoms with Gasteiger partial charge < -0.3 is 10.1 Å². The van der Waals surface area contributed by atoms with Gasteiger partial charge in [-0.25, -0.2) is 0 Å². The van der Waals surface area contributed by atoms with Crippen molar-refractivity contribution in [2.75, 3.05) is 32.8 Å². The normalized spacial score (nSPS) is 27.8. The van der Waals surface area contributed by atoms with Gasteiger partial charge in [-0.3, -0.25) is 4.90 Å². The summed E-state index contributed by atoms with van der Waals surface area (Å²) in [5.41, 5.74) is 0.0649. The molecule has 0 aromatic carbocycles. The van der Waals surface area contributed by atoms with E-state index in [0.29, 0.717) is 12.5 Å². The number of ether oxygens (including phenoxy) is 1. The fraction of sp³-hybridized carbons (Fsp3) is 1.00. The lowest BCUT2D eigenvalue weighted by Gasteiger charge is -2.46. The Hall–Kier alpha value is -0.330. The van der Waals surface area contributed by atoms with Crippen LogP contribution in [0.15, 0.2) is 0 Å². The highest BCUT2D eigenvalue weighted by molar-refractivity contribution is 4.98. The van der Waals surface area contributed by atoms with Crippen molar-refractivity contribution in [1.29, 1.82) is 0 Å². The first kappa shape index (κ1) is 16.0. The summed E-state index contributed by atoms with van der Waals surface area (Å²) in [5.74, 6) is 0.801. The maximum atomic E-state index is 12.0. The molecule has 6 heteroatoms. The molecule has 118 valence electrons. The zero-order chi connectivity index (χ0) is 14.8. The van der Waals surface area contributed by atoms with E-state index < -0.39 is 12.8 Å². The highest BCUT2D eigenvalue weighted by atomic mass is 19.4. The summed E-state index contributed by atoms with van der Waals surface area (Å²) < 4.78 is 40.6. The van der Waals surface area contributed by atoms with Gasteiger partial charge in [0.2, 0.25) is 0 Å². The second-order valence-corrected chi connectivity index (χ2v) is 6.60. The van der Waals surface area contributed by atoms with E-state index in [4.69, 9.17) is 0 Å². The number of piperazine rings is 1. The molecular weight excluding hydrogens is 269 g/mol. The molecule has 1 saturated heterocycles. The van der Waals surface area contributed by atoms with Crippen LogP contribution in [-0.4, -0.2) is 55.5 Å². The minimum Gasteiger partial charge on any atom is -0.372 e. The minimum absolute atomic E-state index is 0.0649. The van der Waals surface area contributed by atoms with Crippen molar-refractivity contribution in [3.8, 4) is 0 Å². The number of rotatable bonds is 6. The van der Waals surface area contributed by atoms with Crippen LogP contribution in [0.2, 0.25) is 0 Å². The van der Waals surface area contributed by atoms with Gasteiger partial charge in [-0.05, 0) is 39.0 Å². The molecule has 1 saturated carbocycles. The number of alkyl halides is 3. The van der Waals surface area contributed by atoms with Gasteiger partial charge in [-0.1, -0.05) is 0 Å². The molecule has 0 aromatic heterocycles. The molecule has 1 aliphatic carbocycles. The monoisotopic (exact) mass is 294 g/mol. The summed E-state index contributed by atoms with van der Waals surface area (Å²) in [6, 6.07) is 0.555. The summed E-state index contributed by atoms with van der Waals surface area (Å²) in [6.07, 6.45) is -0.955. The van der Waals surface area contributed by atoms with Crippen molar-refractivity contribution < 1.29 is 17.9 Å². The molecule has 1 atom stereocenters. The lowest BCUT2D eigenvalue weighted by Crippen LogP contribution is -2.62. The van der Waals surface area contributed by atoms with Crippen molar-refractivity contribution >= 4 is 0 Å². The third-order valence-corrected chi connectivity index (χ3v) is 4.24. The summed E-state index contributed by atoms with van der Waals surface area (Å²) in [5, 5.41) is 3.60. The van der Waals surface area contributed by atoms with Gasteiger partial charge in [-0.15, -0.1) is 0 Å². The SMILES string of the molecule is CC1(C)CNC(C2CC2)CN1CCCOCC(F)(F)F. The Morgan fingerprint density at radius 1 is 1.30 bits per heavy atom. The van der Waals surface area contributed by atoms with Gasteiger partial charge in [0.1, 0.15) is 6.61 Å². The maximum Gasteiger partial charge on any atom is 0.411 e. The van der Waals surface area contributed by atoms with E-state index in [1.54, 1.807) is 0 Å². The molecule has 0 aromatic rings. The first-order valence-electron chi connectivity index (χ1n) is 7.41. The van der Waals surface area contributed by atoms with E-state index >= 15 is 0 Å². The highest BCUT2D eigenvalue weighted by Gasteiger charge is 2.40. The summed E-state index contributed by atoms with van der Waals surface area (Å²) in [7, 11) is 0. The molecule has 1 heterocycles. The predicted octanol–water partition coefficient (Wildman–Crippen LogP) is 2.42. The summed E-state index contributed by atoms with van der Waals surface area (Å²) in [6.45, 7) is 6.14. The van der Waals surface area contributed by atoms with E-state index in [-0.39, 0.29) is 12.1 Å². The molecule has 1 unspecified atom stereocenters. The number of nitrogens with one attached hydrogen (secondary N) is 1. The fourth-order valence-electron chi connectivity index (χ4n) is 2.80. The summed E-state index contributed by atoms with van der Waals surface area (Å²) in [4.78, 5) is 2.39. The van der Waals surface area contributed by atoms with E-state index in [0.717, 1.165) is 25.6 Å². The Kier molecular flexibility index (Phi) is 4.97. The Bertz CT molecular complexity index is 316. The van der Waals surface area contributed by atoms with Crippen molar-refractivity contribution in [2.45, 2.75) is 50.9 Å². The summed E-state index contributed by atoms with van der Waals surface area (Å²) >= 11 is 0. The van der Waals surface area contributed by atoms with Gasteiger partial charge in [-0.2, -0.15) is 13.2 Å². The van der Waals surface area contributed by atoms with Crippen LogP contribution in [0.4, 0.5) is 13.2 Å². The van der Waals surface area contributed by atoms with E-state index in [1.165, 1.54) is 12.8 Å². The van der Waals surface area contributed by atoms with Gasteiger partial charge in [0.05, 0.1) is 0 Å². The number of nitrogens with zero attached hydrogens (tertiary/aromatic N) is 1. The Morgan fingerprint density at radius 2 is 2.00 bits per heavy atom. The standard InChI is InChI=1S/C14H25F3N2O/c1-13(2)9-18-12(11-4-5-11)8-19(13)6-3-7-20-10-14(15,16)17/h11-12,18H,3-10H2,1-2H3. The molecule has 0 bridgehead atoms. The fourth-order valence-corrected chi connectivity index (χ4v) is 2.80. The zero-order valence-corrected chi connectivity index (χ0v) is 12.3. The van der Waals surface area contributed by atoms with E-state index in [1.807, 2.05) is 0 Å². The van der Waals surface area contributed by atoms with Crippen LogP contribution in [0, 0.1) is 5.92 Å². The predicted molar refractivity (Wildman–Crippen MR) is 71.7 cm³/mol. The molecular formula is C14H25F3N2O. The third kappa shape index (κ3) is 4.90. The molecule has 2 aliphatic rings. The first-order chi connectivity index (χ1) is 9.28. The average molecular weight is 294 g/mol. The minimum atomic E-state index is -4.22. The van der Waals surface area contributed by atoms with Crippen LogP contribution in [-0.2, 0) is 4.74 Å². The van der Waals surface area contributed by atoms with Crippen LogP contribution >= 0.6 is 0 Å². The topological polar surface area (TPSA) is 24.5 Å². The molecule has 2 fully saturated rings. The third-order valence-electron chi connectivity index (χ3n) is 4.24. The largest absolute Gasteiger partial charge is 0.411 e. The zero-order valence-electron chi connectivity index (χ0n) is 12.3. The van der Waals surface area contributed by atoms with Gasteiger partial charge in [0, 0.05) is 37.8 Å². The smallest absolute Gasteiger partial charge is 0.372 e. The number of halogens is 3. The quantitative estimate of drug-likeness (QED) is 0.761. The van der Waals surface area contributed by atoms with Crippen molar-refractivity contribution in [2.24, 2.45) is 5.92 Å². The van der Waals surface area contributed by atoms with Crippen LogP contribution in [0.1, 0.15) is 33.1 Å². The Labute approximate surface area is 118 Å². The molecule has 0 spiro atoms. The second kappa shape index (κ2) is 6.20. The lowest BCUT2D eigenvalue weighted by molar-refractivity contribution is -0.174. The van der Waals surface area contributed by atoms with Crippen molar-refractivity contribution in [1.82, 2.24) is 10.2 Å². The van der Waals surface area contributed by atoms with E-state index in [2.05, 4.69) is 28.8 Å². The maximum absolute atomic E-state index is 12.0. The van der Waals surface area contributed by atoms with Gasteiger partial charge >= 0.3 is 6.18 Å². The van der Waals surface area contributed by atoms with Crippen LogP contribution < -0.4 is 5.32 Å². The average Bonchev–Trinajstić information content (AvgIpc) is 3.13. The molecule has 20 heavy (non-hydrogen) atoms. The van der Waals surface area contributed by atoms with Gasteiger partial charge in [0.15, 0.2) is 0 Å². The second-order valence-electron chi connectivity index (χ2n) is 6.60. The van der Waals surface area contributed by atoms with Crippen LogP contribution in [0.25, 0.3) is 0 Å². The first-order valence-corrected chi connectivity index (χ1v) is 7.41. The molecule has 2 rings (SSSR count). The van der Waals surface area contributed by atoms with Crippen molar-refractivity contribution in [3.05, 3.63) is 0 Å². The lowest BCUT2D eigenvalue weighted by atomic mass is 9.95. The number of hydrogen-bond acceptors (Lipinski definition) is 3. The molecule has 0 amide bonds. The molecule has 1 N–H and O–H groups in total. The highest BCUT2D eigenvalue weighted by Crippen LogP contribution is 2.35. The van der Waals surface area contributed by atoms with Crippen LogP contribution in [0.3, 0.4) is 0 Å². The Morgan fingerprint density at radius 3 is 2.60 bits per heavy atom. The molecule has 0 radical (unpaired) electrons. The van der Waals surface area contributed by atoms with Crippen molar-refractivity contribution in [3.63, 3.8) is 0 Å². The van der Waals surface area contributed by atoms with Gasteiger partial charge in [0.25, 0.3) is 0 Å². The molecule has 3 nitrogen and oxygen atoms in total. The van der Waals surface area contributed by atoms with E-state index in [9.17, 15) is 13.2 Å².